The molecule has 4 N–H and O–H groups in total. The van der Waals surface area contributed by atoms with Crippen LogP contribution in [0.5, 0.6) is 0 Å². The summed E-state index contributed by atoms with van der Waals surface area (Å²) in [6.45, 7) is 4.00. The number of carbonyl (C=O) groups excluding carboxylic acids is 3. The molecule has 0 saturated carbocycles. The lowest BCUT2D eigenvalue weighted by atomic mass is 9.98. The number of H-pyrrole nitrogens is 1. The molecule has 43 heavy (non-hydrogen) atoms. The molecule has 222 valence electrons. The number of aromatic amines is 1. The Hall–Kier alpha value is -5.33. The summed E-state index contributed by atoms with van der Waals surface area (Å²) in [5.41, 5.74) is 4.90. The summed E-state index contributed by atoms with van der Waals surface area (Å²) in [5, 5.41) is 20.1. The van der Waals surface area contributed by atoms with Gasteiger partial charge < -0.3 is 20.4 Å². The van der Waals surface area contributed by atoms with Crippen LogP contribution in [0.3, 0.4) is 0 Å². The Morgan fingerprint density at radius 3 is 2.81 bits per heavy atom. The average Bonchev–Trinajstić information content (AvgIpc) is 3.68. The maximum absolute atomic E-state index is 13.2. The highest BCUT2D eigenvalue weighted by Crippen LogP contribution is 2.32. The Morgan fingerprint density at radius 2 is 2.02 bits per heavy atom. The van der Waals surface area contributed by atoms with Crippen LogP contribution < -0.4 is 16.0 Å². The maximum Gasteiger partial charge on any atom is 0.411 e. The number of methoxy groups -OCH3 is 1. The predicted octanol–water partition coefficient (Wildman–Crippen LogP) is 4.56. The van der Waals surface area contributed by atoms with Gasteiger partial charge in [-0.1, -0.05) is 31.4 Å². The normalized spacial score (nSPS) is 17.1. The number of ether oxygens (including phenoxy) is 1. The van der Waals surface area contributed by atoms with Crippen molar-refractivity contribution < 1.29 is 19.1 Å². The fourth-order valence-corrected chi connectivity index (χ4v) is 5.02. The van der Waals surface area contributed by atoms with E-state index < -0.39 is 6.09 Å². The van der Waals surface area contributed by atoms with Gasteiger partial charge in [-0.05, 0) is 66.1 Å². The van der Waals surface area contributed by atoms with Gasteiger partial charge in [-0.15, -0.1) is 5.10 Å². The third-order valence-electron chi connectivity index (χ3n) is 7.17. The monoisotopic (exact) mass is 583 g/mol. The quantitative estimate of drug-likeness (QED) is 0.248. The first-order chi connectivity index (χ1) is 20.8. The van der Waals surface area contributed by atoms with Gasteiger partial charge in [0.25, 0.3) is 0 Å². The number of nitrogens with zero attached hydrogens (tertiary/aromatic N) is 5. The van der Waals surface area contributed by atoms with Gasteiger partial charge in [0.15, 0.2) is 0 Å². The zero-order chi connectivity index (χ0) is 30.3. The Kier molecular flexibility index (Phi) is 8.89. The molecule has 3 heterocycles. The second-order valence-electron chi connectivity index (χ2n) is 10.6. The number of anilines is 2. The summed E-state index contributed by atoms with van der Waals surface area (Å²) in [5.74, 6) is 0.312. The molecule has 0 spiro atoms. The number of nitrogens with one attached hydrogen (secondary N) is 4. The Labute approximate surface area is 248 Å². The van der Waals surface area contributed by atoms with E-state index in [-0.39, 0.29) is 23.8 Å². The maximum atomic E-state index is 13.2. The number of aromatic nitrogens is 6. The molecule has 3 amide bonds. The fraction of sp³-hybridized carbons (Fsp3) is 0.300. The minimum absolute atomic E-state index is 0.120. The van der Waals surface area contributed by atoms with Crippen molar-refractivity contribution in [1.29, 1.82) is 0 Å². The molecule has 2 atom stereocenters. The van der Waals surface area contributed by atoms with Gasteiger partial charge in [0, 0.05) is 29.3 Å². The van der Waals surface area contributed by atoms with Crippen LogP contribution in [-0.4, -0.2) is 55.2 Å². The first kappa shape index (κ1) is 29.2. The molecule has 0 aliphatic carbocycles. The molecule has 13 nitrogen and oxygen atoms in total. The third-order valence-corrected chi connectivity index (χ3v) is 7.17. The van der Waals surface area contributed by atoms with Crippen molar-refractivity contribution in [1.82, 2.24) is 35.5 Å². The Bertz CT molecular complexity index is 1640. The van der Waals surface area contributed by atoms with Crippen LogP contribution in [0.25, 0.3) is 23.0 Å². The topological polar surface area (TPSA) is 169 Å². The second kappa shape index (κ2) is 13.1. The molecule has 0 fully saturated rings. The minimum Gasteiger partial charge on any atom is -0.453 e. The molecule has 13 heteroatoms. The van der Waals surface area contributed by atoms with Crippen molar-refractivity contribution in [3.05, 3.63) is 71.9 Å². The SMILES string of the molecule is COC(=O)Nc1ccc2c(c1)NC(=O)CC(C)CCCC(NC(=O)C=Cc1cc(C)ccc1-n1cnnn1)c1ncc-2[nH]1. The molecule has 4 aromatic rings. The highest BCUT2D eigenvalue weighted by atomic mass is 16.5. The smallest absolute Gasteiger partial charge is 0.411 e. The number of amides is 3. The lowest BCUT2D eigenvalue weighted by molar-refractivity contribution is -0.117. The molecule has 5 rings (SSSR count). The van der Waals surface area contributed by atoms with Crippen LogP contribution in [0.1, 0.15) is 55.6 Å². The first-order valence-corrected chi connectivity index (χ1v) is 14.0. The van der Waals surface area contributed by atoms with E-state index in [0.717, 1.165) is 29.7 Å². The lowest BCUT2D eigenvalue weighted by Gasteiger charge is -2.17. The first-order valence-electron chi connectivity index (χ1n) is 14.0. The van der Waals surface area contributed by atoms with E-state index in [1.54, 1.807) is 35.2 Å². The van der Waals surface area contributed by atoms with Crippen molar-refractivity contribution >= 4 is 35.4 Å². The molecule has 0 radical (unpaired) electrons. The molecule has 1 aliphatic heterocycles. The third kappa shape index (κ3) is 7.31. The van der Waals surface area contributed by atoms with Gasteiger partial charge in [0.05, 0.1) is 36.4 Å². The molecule has 2 aromatic carbocycles. The number of hydrogen-bond donors (Lipinski definition) is 4. The minimum atomic E-state index is -0.616. The van der Waals surface area contributed by atoms with Crippen LogP contribution in [0.2, 0.25) is 0 Å². The summed E-state index contributed by atoms with van der Waals surface area (Å²) < 4.78 is 6.24. The van der Waals surface area contributed by atoms with E-state index in [1.165, 1.54) is 19.5 Å². The number of aryl methyl sites for hydroxylation is 1. The summed E-state index contributed by atoms with van der Waals surface area (Å²) in [6.07, 6.45) is 8.32. The number of tetrazole rings is 1. The lowest BCUT2D eigenvalue weighted by Crippen LogP contribution is -2.28. The highest BCUT2D eigenvalue weighted by Gasteiger charge is 2.21. The highest BCUT2D eigenvalue weighted by molar-refractivity contribution is 5.97. The fourth-order valence-electron chi connectivity index (χ4n) is 5.02. The van der Waals surface area contributed by atoms with Crippen molar-refractivity contribution in [3.63, 3.8) is 0 Å². The van der Waals surface area contributed by atoms with E-state index >= 15 is 0 Å². The molecule has 2 bridgehead atoms. The van der Waals surface area contributed by atoms with E-state index in [1.807, 2.05) is 32.0 Å². The molecule has 0 saturated heterocycles. The van der Waals surface area contributed by atoms with E-state index in [4.69, 9.17) is 4.74 Å². The van der Waals surface area contributed by atoms with Crippen molar-refractivity contribution in [2.24, 2.45) is 5.92 Å². The van der Waals surface area contributed by atoms with E-state index in [0.29, 0.717) is 41.3 Å². The molecule has 2 aromatic heterocycles. The van der Waals surface area contributed by atoms with Crippen molar-refractivity contribution in [3.8, 4) is 16.9 Å². The summed E-state index contributed by atoms with van der Waals surface area (Å²) >= 11 is 0. The molecular weight excluding hydrogens is 550 g/mol. The zero-order valence-electron chi connectivity index (χ0n) is 24.1. The van der Waals surface area contributed by atoms with Crippen LogP contribution in [-0.2, 0) is 14.3 Å². The van der Waals surface area contributed by atoms with Crippen LogP contribution in [0.15, 0.2) is 55.0 Å². The zero-order valence-corrected chi connectivity index (χ0v) is 24.1. The van der Waals surface area contributed by atoms with Crippen molar-refractivity contribution in [2.75, 3.05) is 17.7 Å². The standard InChI is InChI=1S/C30H33N9O4/c1-18-5-4-6-23(34-27(40)12-8-20-13-19(2)7-11-26(20)39-17-32-37-38-39)29-31-16-25(36-29)22-10-9-21(33-30(42)43-3)15-24(22)35-28(41)14-18/h7-13,15-18,23H,4-6,14H2,1-3H3,(H,31,36)(H,33,42)(H,34,40)(H,35,41). The number of benzene rings is 2. The van der Waals surface area contributed by atoms with Gasteiger partial charge >= 0.3 is 6.09 Å². The largest absolute Gasteiger partial charge is 0.453 e. The summed E-state index contributed by atoms with van der Waals surface area (Å²) in [4.78, 5) is 45.8. The van der Waals surface area contributed by atoms with Gasteiger partial charge in [0.2, 0.25) is 11.8 Å². The molecular formula is C30H33N9O4. The number of hydrogen-bond acceptors (Lipinski definition) is 8. The number of rotatable bonds is 5. The van der Waals surface area contributed by atoms with Crippen molar-refractivity contribution in [2.45, 2.75) is 45.6 Å². The number of imidazole rings is 1. The van der Waals surface area contributed by atoms with Crippen LogP contribution in [0, 0.1) is 12.8 Å². The van der Waals surface area contributed by atoms with E-state index in [9.17, 15) is 14.4 Å². The molecule has 2 unspecified atom stereocenters. The van der Waals surface area contributed by atoms with Gasteiger partial charge in [-0.3, -0.25) is 14.9 Å². The predicted molar refractivity (Wildman–Crippen MR) is 160 cm³/mol. The number of fused-ring (bicyclic) bond motifs is 4. The second-order valence-corrected chi connectivity index (χ2v) is 10.6. The number of carbonyl (C=O) groups is 3. The van der Waals surface area contributed by atoms with E-state index in [2.05, 4.69) is 41.4 Å². The average molecular weight is 584 g/mol. The molecule has 1 aliphatic rings. The Balaban J connectivity index is 1.41. The summed E-state index contributed by atoms with van der Waals surface area (Å²) in [7, 11) is 1.28. The van der Waals surface area contributed by atoms with Gasteiger partial charge in [-0.25, -0.2) is 9.78 Å². The van der Waals surface area contributed by atoms with Gasteiger partial charge in [0.1, 0.15) is 12.2 Å². The van der Waals surface area contributed by atoms with Crippen LogP contribution in [0.4, 0.5) is 16.2 Å². The summed E-state index contributed by atoms with van der Waals surface area (Å²) in [6, 6.07) is 10.6. The Morgan fingerprint density at radius 1 is 1.16 bits per heavy atom. The van der Waals surface area contributed by atoms with Gasteiger partial charge in [-0.2, -0.15) is 4.68 Å². The van der Waals surface area contributed by atoms with Crippen LogP contribution >= 0.6 is 0 Å².